The molecule has 3 nitrogen and oxygen atoms in total. The van der Waals surface area contributed by atoms with Crippen molar-refractivity contribution in [1.29, 1.82) is 0 Å². The van der Waals surface area contributed by atoms with Crippen LogP contribution in [-0.4, -0.2) is 12.6 Å². The molecule has 0 radical (unpaired) electrons. The molecule has 2 N–H and O–H groups in total. The molecule has 2 amide bonds. The first-order valence-electron chi connectivity index (χ1n) is 6.92. The smallest absolute Gasteiger partial charge is 0.319 e. The molecule has 0 aliphatic carbocycles. The summed E-state index contributed by atoms with van der Waals surface area (Å²) in [6.07, 6.45) is 0.805. The molecule has 110 valence electrons. The van der Waals surface area contributed by atoms with Crippen molar-refractivity contribution in [2.75, 3.05) is 11.9 Å². The zero-order valence-electron chi connectivity index (χ0n) is 12.2. The molecule has 0 spiro atoms. The van der Waals surface area contributed by atoms with Crippen LogP contribution < -0.4 is 10.6 Å². The third-order valence-electron chi connectivity index (χ3n) is 3.44. The number of urea groups is 1. The van der Waals surface area contributed by atoms with E-state index in [1.807, 2.05) is 44.2 Å². The lowest BCUT2D eigenvalue weighted by molar-refractivity contribution is 0.252. The van der Waals surface area contributed by atoms with Gasteiger partial charge in [0.25, 0.3) is 0 Å². The maximum Gasteiger partial charge on any atom is 0.319 e. The van der Waals surface area contributed by atoms with Gasteiger partial charge in [-0.1, -0.05) is 40.2 Å². The fourth-order valence-electron chi connectivity index (χ4n) is 2.07. The maximum absolute atomic E-state index is 11.9. The predicted molar refractivity (Wildman–Crippen MR) is 90.8 cm³/mol. The molecular formula is C17H19BrN2O. The number of nitrogens with one attached hydrogen (secondary N) is 2. The summed E-state index contributed by atoms with van der Waals surface area (Å²) in [6.45, 7) is 4.64. The molecule has 0 fully saturated rings. The Morgan fingerprint density at radius 1 is 1.14 bits per heavy atom. The van der Waals surface area contributed by atoms with E-state index in [4.69, 9.17) is 0 Å². The number of carbonyl (C=O) groups excluding carboxylic acids is 1. The van der Waals surface area contributed by atoms with Gasteiger partial charge >= 0.3 is 6.03 Å². The summed E-state index contributed by atoms with van der Waals surface area (Å²) in [5.74, 6) is 0. The van der Waals surface area contributed by atoms with Crippen molar-refractivity contribution in [3.05, 3.63) is 63.6 Å². The van der Waals surface area contributed by atoms with E-state index < -0.39 is 0 Å². The average Bonchev–Trinajstić information content (AvgIpc) is 2.44. The third-order valence-corrected chi connectivity index (χ3v) is 3.93. The number of hydrogen-bond donors (Lipinski definition) is 2. The van der Waals surface area contributed by atoms with Gasteiger partial charge in [-0.25, -0.2) is 4.79 Å². The number of carbonyl (C=O) groups is 1. The van der Waals surface area contributed by atoms with Crippen LogP contribution in [0.1, 0.15) is 16.7 Å². The zero-order valence-corrected chi connectivity index (χ0v) is 13.8. The van der Waals surface area contributed by atoms with Crippen molar-refractivity contribution in [3.8, 4) is 0 Å². The third kappa shape index (κ3) is 4.60. The molecule has 0 unspecified atom stereocenters. The molecule has 0 heterocycles. The summed E-state index contributed by atoms with van der Waals surface area (Å²) in [5, 5.41) is 5.77. The van der Waals surface area contributed by atoms with Crippen LogP contribution in [0.25, 0.3) is 0 Å². The second-order valence-electron chi connectivity index (χ2n) is 5.01. The minimum atomic E-state index is -0.168. The van der Waals surface area contributed by atoms with E-state index in [2.05, 4.69) is 38.7 Å². The van der Waals surface area contributed by atoms with Crippen molar-refractivity contribution in [1.82, 2.24) is 5.32 Å². The molecule has 0 aromatic heterocycles. The van der Waals surface area contributed by atoms with Crippen molar-refractivity contribution in [2.24, 2.45) is 0 Å². The van der Waals surface area contributed by atoms with Crippen LogP contribution in [-0.2, 0) is 6.42 Å². The molecule has 0 saturated heterocycles. The molecule has 21 heavy (non-hydrogen) atoms. The summed E-state index contributed by atoms with van der Waals surface area (Å²) in [5.41, 5.74) is 4.31. The van der Waals surface area contributed by atoms with Gasteiger partial charge in [-0.2, -0.15) is 0 Å². The molecule has 4 heteroatoms. The van der Waals surface area contributed by atoms with Gasteiger partial charge in [-0.15, -0.1) is 0 Å². The van der Waals surface area contributed by atoms with Gasteiger partial charge in [0.1, 0.15) is 0 Å². The molecule has 2 aromatic carbocycles. The van der Waals surface area contributed by atoms with Crippen LogP contribution in [0.15, 0.2) is 46.9 Å². The summed E-state index contributed by atoms with van der Waals surface area (Å²) in [7, 11) is 0. The second-order valence-corrected chi connectivity index (χ2v) is 5.92. The maximum atomic E-state index is 11.9. The van der Waals surface area contributed by atoms with Gasteiger partial charge in [0.05, 0.1) is 0 Å². The lowest BCUT2D eigenvalue weighted by atomic mass is 10.1. The van der Waals surface area contributed by atoms with Gasteiger partial charge in [-0.05, 0) is 55.2 Å². The van der Waals surface area contributed by atoms with E-state index in [-0.39, 0.29) is 6.03 Å². The van der Waals surface area contributed by atoms with E-state index in [0.717, 1.165) is 22.1 Å². The van der Waals surface area contributed by atoms with Crippen molar-refractivity contribution in [3.63, 3.8) is 0 Å². The second kappa shape index (κ2) is 7.27. The molecular weight excluding hydrogens is 328 g/mol. The highest BCUT2D eigenvalue weighted by Gasteiger charge is 2.05. The van der Waals surface area contributed by atoms with E-state index >= 15 is 0 Å². The Labute approximate surface area is 133 Å². The number of aryl methyl sites for hydroxylation is 1. The highest BCUT2D eigenvalue weighted by Crippen LogP contribution is 2.17. The first-order chi connectivity index (χ1) is 10.1. The van der Waals surface area contributed by atoms with Gasteiger partial charge in [0.2, 0.25) is 0 Å². The van der Waals surface area contributed by atoms with Gasteiger partial charge in [0.15, 0.2) is 0 Å². The fourth-order valence-corrected chi connectivity index (χ4v) is 2.51. The first kappa shape index (κ1) is 15.6. The molecule has 0 bridgehead atoms. The zero-order chi connectivity index (χ0) is 15.2. The van der Waals surface area contributed by atoms with Crippen LogP contribution in [0.5, 0.6) is 0 Å². The molecule has 2 aromatic rings. The van der Waals surface area contributed by atoms with Gasteiger partial charge in [0, 0.05) is 16.7 Å². The lowest BCUT2D eigenvalue weighted by Gasteiger charge is -2.11. The molecule has 2 rings (SSSR count). The number of amides is 2. The standard InChI is InChI=1S/C17H19BrN2O/c1-12-5-3-8-16(13(12)2)20-17(21)19-10-9-14-6-4-7-15(18)11-14/h3-8,11H,9-10H2,1-2H3,(H2,19,20,21). The number of rotatable bonds is 4. The summed E-state index contributed by atoms with van der Waals surface area (Å²) in [6, 6.07) is 13.8. The van der Waals surface area contributed by atoms with Gasteiger partial charge < -0.3 is 10.6 Å². The summed E-state index contributed by atoms with van der Waals surface area (Å²) < 4.78 is 1.06. The van der Waals surface area contributed by atoms with Crippen molar-refractivity contribution in [2.45, 2.75) is 20.3 Å². The fraction of sp³-hybridized carbons (Fsp3) is 0.235. The van der Waals surface area contributed by atoms with Crippen LogP contribution >= 0.6 is 15.9 Å². The number of anilines is 1. The Kier molecular flexibility index (Phi) is 5.39. The van der Waals surface area contributed by atoms with Crippen LogP contribution in [0.4, 0.5) is 10.5 Å². The molecule has 0 aliphatic rings. The Morgan fingerprint density at radius 3 is 2.67 bits per heavy atom. The molecule has 0 aliphatic heterocycles. The highest BCUT2D eigenvalue weighted by molar-refractivity contribution is 9.10. The number of halogens is 1. The SMILES string of the molecule is Cc1cccc(NC(=O)NCCc2cccc(Br)c2)c1C. The largest absolute Gasteiger partial charge is 0.338 e. The average molecular weight is 347 g/mol. The lowest BCUT2D eigenvalue weighted by Crippen LogP contribution is -2.30. The number of hydrogen-bond acceptors (Lipinski definition) is 1. The van der Waals surface area contributed by atoms with Crippen LogP contribution in [0.3, 0.4) is 0 Å². The van der Waals surface area contributed by atoms with Crippen LogP contribution in [0, 0.1) is 13.8 Å². The summed E-state index contributed by atoms with van der Waals surface area (Å²) >= 11 is 3.44. The summed E-state index contributed by atoms with van der Waals surface area (Å²) in [4.78, 5) is 11.9. The normalized spacial score (nSPS) is 10.2. The van der Waals surface area contributed by atoms with Crippen molar-refractivity contribution < 1.29 is 4.79 Å². The first-order valence-corrected chi connectivity index (χ1v) is 7.71. The minimum Gasteiger partial charge on any atom is -0.338 e. The Balaban J connectivity index is 1.84. The molecule has 0 saturated carbocycles. The Hall–Kier alpha value is -1.81. The highest BCUT2D eigenvalue weighted by atomic mass is 79.9. The minimum absolute atomic E-state index is 0.168. The van der Waals surface area contributed by atoms with Gasteiger partial charge in [-0.3, -0.25) is 0 Å². The van der Waals surface area contributed by atoms with Crippen molar-refractivity contribution >= 4 is 27.6 Å². The quantitative estimate of drug-likeness (QED) is 0.844. The Bertz CT molecular complexity index is 640. The van der Waals surface area contributed by atoms with Crippen LogP contribution in [0.2, 0.25) is 0 Å². The van der Waals surface area contributed by atoms with E-state index in [1.54, 1.807) is 0 Å². The van der Waals surface area contributed by atoms with E-state index in [0.29, 0.717) is 6.54 Å². The Morgan fingerprint density at radius 2 is 1.90 bits per heavy atom. The monoisotopic (exact) mass is 346 g/mol. The number of benzene rings is 2. The molecule has 0 atom stereocenters. The predicted octanol–water partition coefficient (Wildman–Crippen LogP) is 4.43. The topological polar surface area (TPSA) is 41.1 Å². The van der Waals surface area contributed by atoms with E-state index in [1.165, 1.54) is 11.1 Å². The van der Waals surface area contributed by atoms with E-state index in [9.17, 15) is 4.79 Å².